The van der Waals surface area contributed by atoms with Crippen molar-refractivity contribution in [3.63, 3.8) is 0 Å². The molecule has 0 unspecified atom stereocenters. The summed E-state index contributed by atoms with van der Waals surface area (Å²) in [6.45, 7) is 7.58. The van der Waals surface area contributed by atoms with Crippen LogP contribution in [0.3, 0.4) is 0 Å². The van der Waals surface area contributed by atoms with E-state index in [1.165, 1.54) is 11.3 Å². The van der Waals surface area contributed by atoms with Crippen LogP contribution in [-0.2, 0) is 19.4 Å². The molecule has 0 saturated carbocycles. The second kappa shape index (κ2) is 9.91. The number of hydrogen-bond acceptors (Lipinski definition) is 6. The van der Waals surface area contributed by atoms with E-state index in [-0.39, 0.29) is 5.91 Å². The summed E-state index contributed by atoms with van der Waals surface area (Å²) in [5.41, 5.74) is 4.49. The van der Waals surface area contributed by atoms with E-state index in [0.717, 1.165) is 35.6 Å². The largest absolute Gasteiger partial charge is 0.361 e. The molecule has 2 rings (SSSR count). The lowest BCUT2D eigenvalue weighted by atomic mass is 10.1. The Hall–Kier alpha value is -2.42. The highest BCUT2D eigenvalue weighted by Crippen LogP contribution is 2.15. The van der Waals surface area contributed by atoms with E-state index >= 15 is 0 Å². The smallest absolute Gasteiger partial charge is 0.263 e. The van der Waals surface area contributed by atoms with Crippen LogP contribution in [0, 0.1) is 6.92 Å². The van der Waals surface area contributed by atoms with Crippen LogP contribution in [0.1, 0.15) is 46.2 Å². The first-order chi connectivity index (χ1) is 12.6. The van der Waals surface area contributed by atoms with E-state index in [1.807, 2.05) is 13.8 Å². The maximum Gasteiger partial charge on any atom is 0.263 e. The van der Waals surface area contributed by atoms with Crippen molar-refractivity contribution in [1.29, 1.82) is 0 Å². The van der Waals surface area contributed by atoms with Gasteiger partial charge in [0.2, 0.25) is 0 Å². The van der Waals surface area contributed by atoms with Crippen LogP contribution >= 0.6 is 11.3 Å². The molecule has 0 fully saturated rings. The molecule has 1 amide bonds. The third-order valence-electron chi connectivity index (χ3n) is 3.92. The van der Waals surface area contributed by atoms with Gasteiger partial charge in [0, 0.05) is 38.7 Å². The Kier molecular flexibility index (Phi) is 7.58. The normalized spacial score (nSPS) is 11.5. The molecule has 0 aromatic carbocycles. The highest BCUT2D eigenvalue weighted by atomic mass is 32.1. The van der Waals surface area contributed by atoms with Gasteiger partial charge in [0.15, 0.2) is 5.96 Å². The van der Waals surface area contributed by atoms with Crippen LogP contribution in [0.4, 0.5) is 0 Å². The molecule has 8 nitrogen and oxygen atoms in total. The van der Waals surface area contributed by atoms with E-state index in [2.05, 4.69) is 38.0 Å². The minimum Gasteiger partial charge on any atom is -0.361 e. The molecule has 2 aromatic rings. The molecule has 0 bridgehead atoms. The molecule has 0 saturated heterocycles. The quantitative estimate of drug-likeness (QED) is 0.367. The van der Waals surface area contributed by atoms with Gasteiger partial charge in [-0.2, -0.15) is 0 Å². The number of aliphatic imine (C=N–C) groups is 1. The molecule has 26 heavy (non-hydrogen) atoms. The second-order valence-corrected chi connectivity index (χ2v) is 6.47. The van der Waals surface area contributed by atoms with Crippen molar-refractivity contribution >= 4 is 23.2 Å². The zero-order valence-electron chi connectivity index (χ0n) is 15.7. The molecule has 2 heterocycles. The number of carbonyl (C=O) groups is 1. The predicted molar refractivity (Wildman–Crippen MR) is 103 cm³/mol. The van der Waals surface area contributed by atoms with Crippen molar-refractivity contribution in [2.75, 3.05) is 20.1 Å². The average Bonchev–Trinajstić information content (AvgIpc) is 3.26. The van der Waals surface area contributed by atoms with Crippen molar-refractivity contribution in [2.24, 2.45) is 4.99 Å². The molecule has 0 aliphatic heterocycles. The molecule has 0 aliphatic rings. The van der Waals surface area contributed by atoms with Crippen LogP contribution in [-0.4, -0.2) is 42.1 Å². The molecule has 0 aliphatic carbocycles. The number of carbonyl (C=O) groups excluding carboxylic acids is 1. The number of aromatic nitrogens is 2. The summed E-state index contributed by atoms with van der Waals surface area (Å²) < 4.78 is 5.37. The number of nitrogens with zero attached hydrogens (tertiary/aromatic N) is 3. The third-order valence-corrected chi connectivity index (χ3v) is 4.85. The zero-order valence-corrected chi connectivity index (χ0v) is 16.5. The lowest BCUT2D eigenvalue weighted by Gasteiger charge is -2.12. The number of hydrogen-bond donors (Lipinski definition) is 3. The standard InChI is InChI=1S/C17H26N6O2S/c1-5-13-12(14(6-2)25-23-13)9-21-17(18-4)20-8-7-19-16(24)15-11(3)22-10-26-15/h10H,5-9H2,1-4H3,(H,19,24)(H2,18,20,21). The number of amides is 1. The Morgan fingerprint density at radius 1 is 1.23 bits per heavy atom. The molecule has 3 N–H and O–H groups in total. The van der Waals surface area contributed by atoms with Gasteiger partial charge >= 0.3 is 0 Å². The van der Waals surface area contributed by atoms with Crippen LogP contribution in [0.25, 0.3) is 0 Å². The molecule has 0 radical (unpaired) electrons. The van der Waals surface area contributed by atoms with Crippen LogP contribution < -0.4 is 16.0 Å². The number of nitrogens with one attached hydrogen (secondary N) is 3. The van der Waals surface area contributed by atoms with Gasteiger partial charge in [-0.25, -0.2) is 4.98 Å². The van der Waals surface area contributed by atoms with Crippen LogP contribution in [0.2, 0.25) is 0 Å². The van der Waals surface area contributed by atoms with Gasteiger partial charge in [-0.1, -0.05) is 19.0 Å². The minimum atomic E-state index is -0.0978. The summed E-state index contributed by atoms with van der Waals surface area (Å²) in [5.74, 6) is 1.47. The van der Waals surface area contributed by atoms with Crippen molar-refractivity contribution in [2.45, 2.75) is 40.2 Å². The fourth-order valence-electron chi connectivity index (χ4n) is 2.49. The van der Waals surface area contributed by atoms with Gasteiger partial charge in [0.25, 0.3) is 5.91 Å². The van der Waals surface area contributed by atoms with Crippen molar-refractivity contribution in [3.8, 4) is 0 Å². The topological polar surface area (TPSA) is 104 Å². The third kappa shape index (κ3) is 5.04. The first kappa shape index (κ1) is 19.9. The van der Waals surface area contributed by atoms with Crippen LogP contribution in [0.15, 0.2) is 15.0 Å². The Balaban J connectivity index is 1.77. The maximum atomic E-state index is 12.0. The lowest BCUT2D eigenvalue weighted by Crippen LogP contribution is -2.41. The summed E-state index contributed by atoms with van der Waals surface area (Å²) in [6, 6.07) is 0. The summed E-state index contributed by atoms with van der Waals surface area (Å²) >= 11 is 1.35. The fourth-order valence-corrected chi connectivity index (χ4v) is 3.21. The van der Waals surface area contributed by atoms with Crippen molar-refractivity contribution in [1.82, 2.24) is 26.1 Å². The monoisotopic (exact) mass is 378 g/mol. The molecule has 0 spiro atoms. The Labute approximate surface area is 157 Å². The van der Waals surface area contributed by atoms with Crippen molar-refractivity contribution in [3.05, 3.63) is 33.1 Å². The Morgan fingerprint density at radius 2 is 2.00 bits per heavy atom. The number of thiazole rings is 1. The maximum absolute atomic E-state index is 12.0. The van der Waals surface area contributed by atoms with Gasteiger partial charge in [0.05, 0.1) is 16.9 Å². The first-order valence-corrected chi connectivity index (χ1v) is 9.57. The van der Waals surface area contributed by atoms with Gasteiger partial charge in [-0.3, -0.25) is 9.79 Å². The molecule has 142 valence electrons. The summed E-state index contributed by atoms with van der Waals surface area (Å²) in [6.07, 6.45) is 1.63. The zero-order chi connectivity index (χ0) is 18.9. The van der Waals surface area contributed by atoms with Crippen molar-refractivity contribution < 1.29 is 9.32 Å². The first-order valence-electron chi connectivity index (χ1n) is 8.69. The van der Waals surface area contributed by atoms with Gasteiger partial charge < -0.3 is 20.5 Å². The second-order valence-electron chi connectivity index (χ2n) is 5.61. The molecule has 0 atom stereocenters. The van der Waals surface area contributed by atoms with E-state index in [9.17, 15) is 4.79 Å². The van der Waals surface area contributed by atoms with E-state index < -0.39 is 0 Å². The minimum absolute atomic E-state index is 0.0978. The van der Waals surface area contributed by atoms with E-state index in [0.29, 0.717) is 30.5 Å². The van der Waals surface area contributed by atoms with E-state index in [1.54, 1.807) is 12.6 Å². The summed E-state index contributed by atoms with van der Waals surface area (Å²) in [5, 5.41) is 13.4. The highest BCUT2D eigenvalue weighted by Gasteiger charge is 2.14. The molecule has 2 aromatic heterocycles. The van der Waals surface area contributed by atoms with E-state index in [4.69, 9.17) is 4.52 Å². The molecular weight excluding hydrogens is 352 g/mol. The highest BCUT2D eigenvalue weighted by molar-refractivity contribution is 7.11. The van der Waals surface area contributed by atoms with Gasteiger partial charge in [0.1, 0.15) is 10.6 Å². The fraction of sp³-hybridized carbons (Fsp3) is 0.529. The van der Waals surface area contributed by atoms with Gasteiger partial charge in [-0.15, -0.1) is 11.3 Å². The average molecular weight is 379 g/mol. The predicted octanol–water partition coefficient (Wildman–Crippen LogP) is 1.66. The summed E-state index contributed by atoms with van der Waals surface area (Å²) in [7, 11) is 1.71. The number of rotatable bonds is 8. The lowest BCUT2D eigenvalue weighted by molar-refractivity contribution is 0.0957. The SMILES string of the molecule is CCc1noc(CC)c1CNC(=NC)NCCNC(=O)c1scnc1C. The van der Waals surface area contributed by atoms with Crippen LogP contribution in [0.5, 0.6) is 0 Å². The summed E-state index contributed by atoms with van der Waals surface area (Å²) in [4.78, 5) is 21.0. The Bertz CT molecular complexity index is 731. The number of aryl methyl sites for hydroxylation is 3. The molecular formula is C17H26N6O2S. The van der Waals surface area contributed by atoms with Gasteiger partial charge in [-0.05, 0) is 13.3 Å². The number of guanidine groups is 1. The molecule has 9 heteroatoms. The Morgan fingerprint density at radius 3 is 2.62 bits per heavy atom.